The largest absolute Gasteiger partial charge is 0.507 e. The zero-order valence-electron chi connectivity index (χ0n) is 41.7. The molecule has 0 radical (unpaired) electrons. The predicted molar refractivity (Wildman–Crippen MR) is 252 cm³/mol. The SMILES string of the molecule is [2H]c1c([2H])c([2H])c(-c2ccnc(-c3[c-]c(-c4cccc5c4nc(-c4cc(C(C)C)cc(C(C)C)c4O)n5-c4ccc(-c5ccccc5)c(C(C)(C)C)c4)cc(C(C)(C)C)c3)c2)c([2H])c1[2H].[Pt]. The summed E-state index contributed by atoms with van der Waals surface area (Å²) >= 11 is 0. The molecule has 1 N–H and O–H groups in total. The first-order chi connectivity index (χ1) is 30.6. The van der Waals surface area contributed by atoms with Crippen molar-refractivity contribution in [3.63, 3.8) is 0 Å². The van der Waals surface area contributed by atoms with Gasteiger partial charge in [0.05, 0.1) is 23.5 Å². The van der Waals surface area contributed by atoms with Gasteiger partial charge in [0.2, 0.25) is 0 Å². The number of nitrogens with zero attached hydrogens (tertiary/aromatic N) is 3. The van der Waals surface area contributed by atoms with E-state index in [1.807, 2.05) is 12.1 Å². The van der Waals surface area contributed by atoms with Gasteiger partial charge in [0, 0.05) is 38.6 Å². The number of pyridine rings is 1. The molecule has 0 amide bonds. The summed E-state index contributed by atoms with van der Waals surface area (Å²) in [6, 6.07) is 37.1. The van der Waals surface area contributed by atoms with E-state index in [0.717, 1.165) is 55.7 Å². The molecule has 0 saturated heterocycles. The molecule has 2 aromatic heterocycles. The summed E-state index contributed by atoms with van der Waals surface area (Å²) < 4.78 is 44.3. The van der Waals surface area contributed by atoms with Gasteiger partial charge in [0.1, 0.15) is 11.6 Å². The maximum atomic E-state index is 12.2. The monoisotopic (exact) mass is 986 g/mol. The summed E-state index contributed by atoms with van der Waals surface area (Å²) in [7, 11) is 0. The Bertz CT molecular complexity index is 3120. The Balaban J connectivity index is 0.00000648. The molecule has 8 aromatic rings. The van der Waals surface area contributed by atoms with Gasteiger partial charge in [0.25, 0.3) is 0 Å². The summed E-state index contributed by atoms with van der Waals surface area (Å²) in [6.07, 6.45) is 1.61. The number of phenolic OH excluding ortho intramolecular Hbond substituents is 1. The van der Waals surface area contributed by atoms with Crippen LogP contribution < -0.4 is 0 Å². The second-order valence-corrected chi connectivity index (χ2v) is 18.5. The smallest absolute Gasteiger partial charge is 0.148 e. The van der Waals surface area contributed by atoms with Crippen molar-refractivity contribution >= 4 is 11.0 Å². The Hall–Kier alpha value is -5.57. The number of hydrogen-bond donors (Lipinski definition) is 1. The van der Waals surface area contributed by atoms with Crippen LogP contribution in [0.2, 0.25) is 0 Å². The Morgan fingerprint density at radius 3 is 2.05 bits per heavy atom. The summed E-state index contributed by atoms with van der Waals surface area (Å²) in [5, 5.41) is 12.2. The van der Waals surface area contributed by atoms with Crippen LogP contribution in [0.3, 0.4) is 0 Å². The van der Waals surface area contributed by atoms with E-state index in [9.17, 15) is 5.11 Å². The van der Waals surface area contributed by atoms with E-state index < -0.39 is 6.04 Å². The van der Waals surface area contributed by atoms with Gasteiger partial charge in [-0.05, 0) is 91.9 Å². The van der Waals surface area contributed by atoms with Crippen LogP contribution in [0, 0.1) is 6.07 Å². The number of aromatic nitrogens is 3. The molecule has 0 atom stereocenters. The fraction of sp³-hybridized carbons (Fsp3) is 0.250. The van der Waals surface area contributed by atoms with E-state index in [0.29, 0.717) is 28.2 Å². The zero-order chi connectivity index (χ0) is 46.9. The van der Waals surface area contributed by atoms with Gasteiger partial charge in [-0.2, -0.15) is 0 Å². The van der Waals surface area contributed by atoms with Crippen LogP contribution in [0.25, 0.3) is 72.7 Å². The van der Waals surface area contributed by atoms with Gasteiger partial charge in [-0.3, -0.25) is 9.55 Å². The molecule has 0 aliphatic heterocycles. The average molecular weight is 987 g/mol. The first-order valence-electron chi connectivity index (χ1n) is 23.4. The fourth-order valence-electron chi connectivity index (χ4n) is 7.96. The first kappa shape index (κ1) is 37.2. The minimum Gasteiger partial charge on any atom is -0.507 e. The normalized spacial score (nSPS) is 13.1. The number of fused-ring (bicyclic) bond motifs is 1. The number of rotatable bonds is 8. The van der Waals surface area contributed by atoms with Crippen LogP contribution in [0.4, 0.5) is 0 Å². The number of aromatic hydroxyl groups is 1. The van der Waals surface area contributed by atoms with Crippen molar-refractivity contribution in [2.24, 2.45) is 0 Å². The molecule has 5 heteroatoms. The standard InChI is InChI=1S/C56H56N3O.Pt/c1-35(2)40-31-47(36(3)4)53(60)48(32-40)54-58-52-46(22-17-23-51(52)59(54)44-24-25-45(38-20-15-12-16-21-38)49(34-44)56(8,9)10)41-28-42(30-43(29-41)55(5,6)7)50-33-39(26-27-57-50)37-18-13-11-14-19-37;/h11-27,29-36,60H,1-10H3;/q-1;/i11D,13D,14D,18D,19D;. The number of para-hydroxylation sites is 1. The molecule has 0 fully saturated rings. The molecule has 2 heterocycles. The number of hydrogen-bond acceptors (Lipinski definition) is 3. The van der Waals surface area contributed by atoms with Crippen LogP contribution in [0.1, 0.15) is 110 Å². The number of benzene rings is 6. The van der Waals surface area contributed by atoms with Crippen molar-refractivity contribution in [3.8, 4) is 67.5 Å². The van der Waals surface area contributed by atoms with E-state index in [1.165, 1.54) is 5.56 Å². The Kier molecular flexibility index (Phi) is 10.4. The summed E-state index contributed by atoms with van der Waals surface area (Å²) in [6.45, 7) is 21.7. The van der Waals surface area contributed by atoms with Crippen LogP contribution in [0.5, 0.6) is 5.75 Å². The Labute approximate surface area is 384 Å². The van der Waals surface area contributed by atoms with Crippen molar-refractivity contribution < 1.29 is 33.0 Å². The maximum Gasteiger partial charge on any atom is 0.148 e. The molecule has 0 bridgehead atoms. The number of imidazole rings is 1. The van der Waals surface area contributed by atoms with E-state index in [1.54, 1.807) is 18.3 Å². The topological polar surface area (TPSA) is 50.9 Å². The van der Waals surface area contributed by atoms with Gasteiger partial charge in [0.15, 0.2) is 0 Å². The first-order valence-corrected chi connectivity index (χ1v) is 20.9. The van der Waals surface area contributed by atoms with Crippen LogP contribution in [0.15, 0.2) is 140 Å². The van der Waals surface area contributed by atoms with Gasteiger partial charge < -0.3 is 5.11 Å². The minimum absolute atomic E-state index is 0. The summed E-state index contributed by atoms with van der Waals surface area (Å²) in [4.78, 5) is 10.3. The maximum absolute atomic E-state index is 12.2. The minimum atomic E-state index is -0.435. The summed E-state index contributed by atoms with van der Waals surface area (Å²) in [5.41, 5.74) is 12.6. The molecule has 0 unspecified atom stereocenters. The van der Waals surface area contributed by atoms with Crippen molar-refractivity contribution in [1.82, 2.24) is 14.5 Å². The number of phenols is 1. The second-order valence-electron chi connectivity index (χ2n) is 18.5. The van der Waals surface area contributed by atoms with Crippen molar-refractivity contribution in [2.45, 2.75) is 91.9 Å². The third-order valence-corrected chi connectivity index (χ3v) is 11.4. The van der Waals surface area contributed by atoms with Crippen LogP contribution in [-0.2, 0) is 31.9 Å². The third kappa shape index (κ3) is 8.66. The van der Waals surface area contributed by atoms with Crippen molar-refractivity contribution in [2.75, 3.05) is 0 Å². The molecule has 0 aliphatic carbocycles. The van der Waals surface area contributed by atoms with Crippen LogP contribution >= 0.6 is 0 Å². The Morgan fingerprint density at radius 2 is 1.38 bits per heavy atom. The van der Waals surface area contributed by atoms with E-state index >= 15 is 0 Å². The molecule has 0 saturated carbocycles. The van der Waals surface area contributed by atoms with Crippen molar-refractivity contribution in [1.29, 1.82) is 0 Å². The molecular formula is C56H56N3OPt-. The fourth-order valence-corrected chi connectivity index (χ4v) is 7.96. The molecule has 6 aromatic carbocycles. The molecule has 312 valence electrons. The third-order valence-electron chi connectivity index (χ3n) is 11.4. The molecular weight excluding hydrogens is 926 g/mol. The second kappa shape index (κ2) is 17.1. The molecule has 0 spiro atoms. The predicted octanol–water partition coefficient (Wildman–Crippen LogP) is 15.1. The molecule has 4 nitrogen and oxygen atoms in total. The van der Waals surface area contributed by atoms with Gasteiger partial charge >= 0.3 is 0 Å². The molecule has 0 aliphatic rings. The zero-order valence-corrected chi connectivity index (χ0v) is 38.9. The molecule has 61 heavy (non-hydrogen) atoms. The Morgan fingerprint density at radius 1 is 0.656 bits per heavy atom. The van der Waals surface area contributed by atoms with E-state index in [2.05, 4.69) is 159 Å². The van der Waals surface area contributed by atoms with E-state index in [4.69, 9.17) is 16.8 Å². The quantitative estimate of drug-likeness (QED) is 0.154. The van der Waals surface area contributed by atoms with Gasteiger partial charge in [-0.1, -0.05) is 171 Å². The van der Waals surface area contributed by atoms with Crippen LogP contribution in [-0.4, -0.2) is 19.6 Å². The van der Waals surface area contributed by atoms with Crippen molar-refractivity contribution in [3.05, 3.63) is 168 Å². The van der Waals surface area contributed by atoms with E-state index in [-0.39, 0.29) is 79.2 Å². The average Bonchev–Trinajstić information content (AvgIpc) is 3.66. The summed E-state index contributed by atoms with van der Waals surface area (Å²) in [5.74, 6) is 1.12. The van der Waals surface area contributed by atoms with Gasteiger partial charge in [-0.15, -0.1) is 29.3 Å². The van der Waals surface area contributed by atoms with Gasteiger partial charge in [-0.25, -0.2) is 4.98 Å². The molecule has 8 rings (SSSR count).